The molecule has 4 nitrogen and oxygen atoms in total. The van der Waals surface area contributed by atoms with Gasteiger partial charge in [0.25, 0.3) is 0 Å². The summed E-state index contributed by atoms with van der Waals surface area (Å²) < 4.78 is 0.812. The highest BCUT2D eigenvalue weighted by Gasteiger charge is 2.09. The summed E-state index contributed by atoms with van der Waals surface area (Å²) in [5.41, 5.74) is 11.3. The van der Waals surface area contributed by atoms with E-state index in [4.69, 9.17) is 23.1 Å². The normalized spacial score (nSPS) is 12.2. The van der Waals surface area contributed by atoms with Crippen LogP contribution in [0.5, 0.6) is 0 Å². The number of nitrogens with one attached hydrogen (secondary N) is 1. The van der Waals surface area contributed by atoms with Crippen LogP contribution in [0, 0.1) is 0 Å². The highest BCUT2D eigenvalue weighted by Crippen LogP contribution is 2.25. The van der Waals surface area contributed by atoms with E-state index in [1.165, 1.54) is 0 Å². The molecular weight excluding hydrogens is 281 g/mol. The maximum absolute atomic E-state index is 10.7. The largest absolute Gasteiger partial charge is 0.382 e. The van der Waals surface area contributed by atoms with Crippen LogP contribution in [0.25, 0.3) is 0 Å². The van der Waals surface area contributed by atoms with Gasteiger partial charge in [0.15, 0.2) is 0 Å². The molecule has 1 atom stereocenters. The average molecular weight is 293 g/mol. The fourth-order valence-electron chi connectivity index (χ4n) is 0.953. The van der Waals surface area contributed by atoms with Gasteiger partial charge < -0.3 is 16.8 Å². The third-order valence-electron chi connectivity index (χ3n) is 1.81. The van der Waals surface area contributed by atoms with Gasteiger partial charge in [-0.2, -0.15) is 0 Å². The predicted octanol–water partition coefficient (Wildman–Crippen LogP) is 1.33. The summed E-state index contributed by atoms with van der Waals surface area (Å²) in [5, 5.41) is 3.62. The molecule has 0 aliphatic carbocycles. The summed E-state index contributed by atoms with van der Waals surface area (Å²) in [6.45, 7) is 0.287. The Kier molecular flexibility index (Phi) is 4.38. The van der Waals surface area contributed by atoms with E-state index in [1.54, 1.807) is 18.2 Å². The highest BCUT2D eigenvalue weighted by molar-refractivity contribution is 9.10. The summed E-state index contributed by atoms with van der Waals surface area (Å²) in [5.74, 6) is -0.535. The number of hydrogen-bond acceptors (Lipinski definition) is 3. The average Bonchev–Trinajstić information content (AvgIpc) is 2.15. The molecule has 0 saturated heterocycles. The van der Waals surface area contributed by atoms with Crippen LogP contribution in [0.15, 0.2) is 22.7 Å². The fraction of sp³-hybridized carbons (Fsp3) is 0.222. The first-order chi connectivity index (χ1) is 7.00. The van der Waals surface area contributed by atoms with E-state index in [9.17, 15) is 4.79 Å². The lowest BCUT2D eigenvalue weighted by atomic mass is 10.2. The smallest absolute Gasteiger partial charge is 0.236 e. The molecule has 1 rings (SSSR count). The molecule has 1 unspecified atom stereocenters. The van der Waals surface area contributed by atoms with E-state index in [1.807, 2.05) is 0 Å². The van der Waals surface area contributed by atoms with Crippen LogP contribution in [-0.4, -0.2) is 18.5 Å². The molecule has 0 fully saturated rings. The van der Waals surface area contributed by atoms with Gasteiger partial charge in [0, 0.05) is 21.7 Å². The highest BCUT2D eigenvalue weighted by atomic mass is 79.9. The van der Waals surface area contributed by atoms with Crippen molar-refractivity contribution in [2.24, 2.45) is 11.5 Å². The third kappa shape index (κ3) is 3.70. The lowest BCUT2D eigenvalue weighted by molar-refractivity contribution is -0.118. The Labute approximate surface area is 101 Å². The van der Waals surface area contributed by atoms with Crippen LogP contribution in [0.3, 0.4) is 0 Å². The van der Waals surface area contributed by atoms with Gasteiger partial charge in [-0.1, -0.05) is 11.6 Å². The number of halogens is 2. The zero-order chi connectivity index (χ0) is 11.4. The number of nitrogens with two attached hydrogens (primary N) is 2. The monoisotopic (exact) mass is 291 g/mol. The van der Waals surface area contributed by atoms with Gasteiger partial charge in [-0.05, 0) is 34.1 Å². The van der Waals surface area contributed by atoms with Crippen LogP contribution in [0.1, 0.15) is 0 Å². The number of rotatable bonds is 4. The van der Waals surface area contributed by atoms with Crippen molar-refractivity contribution >= 4 is 39.1 Å². The molecule has 15 heavy (non-hydrogen) atoms. The Morgan fingerprint density at radius 3 is 2.80 bits per heavy atom. The first kappa shape index (κ1) is 12.3. The number of carbonyl (C=O) groups is 1. The molecule has 6 heteroatoms. The van der Waals surface area contributed by atoms with Gasteiger partial charge in [0.1, 0.15) is 6.04 Å². The van der Waals surface area contributed by atoms with Gasteiger partial charge in [0.2, 0.25) is 5.91 Å². The summed E-state index contributed by atoms with van der Waals surface area (Å²) >= 11 is 9.10. The predicted molar refractivity (Wildman–Crippen MR) is 64.8 cm³/mol. The molecule has 0 radical (unpaired) electrons. The quantitative estimate of drug-likeness (QED) is 0.783. The van der Waals surface area contributed by atoms with E-state index in [0.29, 0.717) is 5.02 Å². The molecule has 1 aromatic rings. The summed E-state index contributed by atoms with van der Waals surface area (Å²) in [6.07, 6.45) is 0. The molecule has 5 N–H and O–H groups in total. The van der Waals surface area contributed by atoms with Crippen LogP contribution in [0.4, 0.5) is 5.69 Å². The van der Waals surface area contributed by atoms with Gasteiger partial charge >= 0.3 is 0 Å². The molecule has 0 aliphatic heterocycles. The summed E-state index contributed by atoms with van der Waals surface area (Å²) in [7, 11) is 0. The van der Waals surface area contributed by atoms with E-state index in [2.05, 4.69) is 21.2 Å². The van der Waals surface area contributed by atoms with Gasteiger partial charge in [0.05, 0.1) is 0 Å². The second kappa shape index (κ2) is 5.34. The minimum atomic E-state index is -0.701. The van der Waals surface area contributed by atoms with Crippen LogP contribution >= 0.6 is 27.5 Å². The molecule has 82 valence electrons. The Bertz CT molecular complexity index is 372. The van der Waals surface area contributed by atoms with Gasteiger partial charge in [-0.15, -0.1) is 0 Å². The van der Waals surface area contributed by atoms with Crippen molar-refractivity contribution in [3.63, 3.8) is 0 Å². The van der Waals surface area contributed by atoms with Crippen molar-refractivity contribution < 1.29 is 4.79 Å². The number of anilines is 1. The van der Waals surface area contributed by atoms with Crippen molar-refractivity contribution in [2.45, 2.75) is 6.04 Å². The number of amides is 1. The topological polar surface area (TPSA) is 81.1 Å². The van der Waals surface area contributed by atoms with Crippen molar-refractivity contribution in [3.05, 3.63) is 27.7 Å². The molecule has 0 aromatic heterocycles. The van der Waals surface area contributed by atoms with Crippen molar-refractivity contribution in [1.82, 2.24) is 0 Å². The minimum absolute atomic E-state index is 0.287. The number of carbonyl (C=O) groups excluding carboxylic acids is 1. The lowest BCUT2D eigenvalue weighted by Crippen LogP contribution is -2.41. The Morgan fingerprint density at radius 1 is 1.60 bits per heavy atom. The van der Waals surface area contributed by atoms with E-state index in [0.717, 1.165) is 10.2 Å². The molecule has 0 bridgehead atoms. The number of primary amides is 1. The molecule has 0 aliphatic rings. The second-order valence-electron chi connectivity index (χ2n) is 3.01. The maximum Gasteiger partial charge on any atom is 0.236 e. The molecule has 0 spiro atoms. The zero-order valence-corrected chi connectivity index (χ0v) is 10.2. The number of hydrogen-bond donors (Lipinski definition) is 3. The van der Waals surface area contributed by atoms with E-state index < -0.39 is 11.9 Å². The maximum atomic E-state index is 10.7. The Morgan fingerprint density at radius 2 is 2.27 bits per heavy atom. The molecule has 0 saturated carbocycles. The lowest BCUT2D eigenvalue weighted by Gasteiger charge is -2.11. The fourth-order valence-corrected chi connectivity index (χ4v) is 1.78. The minimum Gasteiger partial charge on any atom is -0.382 e. The third-order valence-corrected chi connectivity index (χ3v) is 2.70. The van der Waals surface area contributed by atoms with Crippen LogP contribution in [-0.2, 0) is 4.79 Å². The zero-order valence-electron chi connectivity index (χ0n) is 7.84. The van der Waals surface area contributed by atoms with Crippen LogP contribution in [0.2, 0.25) is 5.02 Å². The van der Waals surface area contributed by atoms with Gasteiger partial charge in [-0.25, -0.2) is 0 Å². The first-order valence-electron chi connectivity index (χ1n) is 4.24. The van der Waals surface area contributed by atoms with Crippen molar-refractivity contribution in [1.29, 1.82) is 0 Å². The van der Waals surface area contributed by atoms with Crippen LogP contribution < -0.4 is 16.8 Å². The standard InChI is InChI=1S/C9H11BrClN3O/c10-6-3-5(11)1-2-8(6)14-4-7(12)9(13)15/h1-3,7,14H,4,12H2,(H2,13,15). The second-order valence-corrected chi connectivity index (χ2v) is 4.30. The molecule has 0 heterocycles. The van der Waals surface area contributed by atoms with E-state index >= 15 is 0 Å². The van der Waals surface area contributed by atoms with Crippen molar-refractivity contribution in [2.75, 3.05) is 11.9 Å². The Hall–Kier alpha value is -0.780. The Balaban J connectivity index is 2.62. The molecule has 1 aromatic carbocycles. The molecule has 1 amide bonds. The van der Waals surface area contributed by atoms with E-state index in [-0.39, 0.29) is 6.54 Å². The summed E-state index contributed by atoms with van der Waals surface area (Å²) in [6, 6.07) is 4.58. The summed E-state index contributed by atoms with van der Waals surface area (Å²) in [4.78, 5) is 10.7. The number of benzene rings is 1. The van der Waals surface area contributed by atoms with Crippen molar-refractivity contribution in [3.8, 4) is 0 Å². The SMILES string of the molecule is NC(=O)C(N)CNc1ccc(Cl)cc1Br. The van der Waals surface area contributed by atoms with Gasteiger partial charge in [-0.3, -0.25) is 4.79 Å². The first-order valence-corrected chi connectivity index (χ1v) is 5.41. The molecular formula is C9H11BrClN3O.